The van der Waals surface area contributed by atoms with E-state index in [9.17, 15) is 8.78 Å². The average molecular weight is 316 g/mol. The first-order valence-electron chi connectivity index (χ1n) is 3.86. The summed E-state index contributed by atoms with van der Waals surface area (Å²) in [6.45, 7) is -0.281. The maximum absolute atomic E-state index is 11.6. The van der Waals surface area contributed by atoms with Crippen molar-refractivity contribution in [1.82, 2.24) is 0 Å². The van der Waals surface area contributed by atoms with E-state index in [0.717, 1.165) is 5.56 Å². The summed E-state index contributed by atoms with van der Waals surface area (Å²) in [4.78, 5) is 0. The SMILES string of the molecule is FC(F)COCc1c[c-]ccc1.[Zn+][Br]. The summed E-state index contributed by atoms with van der Waals surface area (Å²) in [6.07, 6.45) is -2.39. The molecule has 0 unspecified atom stereocenters. The zero-order chi connectivity index (χ0) is 10.8. The van der Waals surface area contributed by atoms with Gasteiger partial charge in [-0.3, -0.25) is 0 Å². The Kier molecular flexibility index (Phi) is 9.79. The minimum absolute atomic E-state index is 0.224. The van der Waals surface area contributed by atoms with Crippen molar-refractivity contribution >= 4 is 13.6 Å². The fourth-order valence-corrected chi connectivity index (χ4v) is 0.786. The molecule has 0 amide bonds. The van der Waals surface area contributed by atoms with Gasteiger partial charge in [-0.05, 0) is 0 Å². The molecule has 0 bridgehead atoms. The number of alkyl halides is 2. The fraction of sp³-hybridized carbons (Fsp3) is 0.333. The fourth-order valence-electron chi connectivity index (χ4n) is 0.786. The summed E-state index contributed by atoms with van der Waals surface area (Å²) in [5, 5.41) is 0. The third-order valence-corrected chi connectivity index (χ3v) is 1.28. The van der Waals surface area contributed by atoms with Gasteiger partial charge in [0, 0.05) is 6.61 Å². The number of hydrogen-bond acceptors (Lipinski definition) is 1. The van der Waals surface area contributed by atoms with Gasteiger partial charge in [0.15, 0.2) is 0 Å². The van der Waals surface area contributed by atoms with E-state index in [1.54, 1.807) is 18.2 Å². The van der Waals surface area contributed by atoms with Gasteiger partial charge in [-0.15, -0.1) is 5.56 Å². The summed E-state index contributed by atoms with van der Waals surface area (Å²) in [6, 6.07) is 9.89. The van der Waals surface area contributed by atoms with Crippen LogP contribution in [-0.2, 0) is 27.7 Å². The zero-order valence-corrected chi connectivity index (χ0v) is 12.1. The van der Waals surface area contributed by atoms with Crippen LogP contribution in [0.4, 0.5) is 8.78 Å². The Hall–Kier alpha value is 0.143. The summed E-state index contributed by atoms with van der Waals surface area (Å²) in [7, 11) is 0. The first kappa shape index (κ1) is 14.1. The quantitative estimate of drug-likeness (QED) is 0.613. The Morgan fingerprint density at radius 2 is 2.21 bits per heavy atom. The van der Waals surface area contributed by atoms with Crippen molar-refractivity contribution in [2.45, 2.75) is 13.0 Å². The molecule has 1 aromatic carbocycles. The molecule has 74 valence electrons. The van der Waals surface area contributed by atoms with Crippen LogP contribution in [0.15, 0.2) is 24.3 Å². The van der Waals surface area contributed by atoms with Gasteiger partial charge in [0.2, 0.25) is 0 Å². The summed E-state index contributed by atoms with van der Waals surface area (Å²) in [5.41, 5.74) is 0.859. The van der Waals surface area contributed by atoms with E-state index in [2.05, 4.69) is 19.7 Å². The molecule has 0 heterocycles. The Morgan fingerprint density at radius 1 is 1.50 bits per heavy atom. The van der Waals surface area contributed by atoms with Gasteiger partial charge in [-0.25, -0.2) is 8.78 Å². The Labute approximate surface area is 98.9 Å². The molecule has 0 aliphatic heterocycles. The molecule has 0 aliphatic rings. The molecule has 0 aromatic heterocycles. The summed E-state index contributed by atoms with van der Waals surface area (Å²) < 4.78 is 27.9. The van der Waals surface area contributed by atoms with Crippen molar-refractivity contribution in [3.05, 3.63) is 35.9 Å². The van der Waals surface area contributed by atoms with Crippen molar-refractivity contribution in [2.24, 2.45) is 0 Å². The van der Waals surface area contributed by atoms with Crippen LogP contribution in [0, 0.1) is 6.07 Å². The van der Waals surface area contributed by atoms with Crippen LogP contribution in [0.25, 0.3) is 0 Å². The van der Waals surface area contributed by atoms with E-state index in [0.29, 0.717) is 0 Å². The van der Waals surface area contributed by atoms with Gasteiger partial charge < -0.3 is 4.74 Å². The van der Waals surface area contributed by atoms with Gasteiger partial charge in [0.1, 0.15) is 6.61 Å². The Bertz CT molecular complexity index is 221. The van der Waals surface area contributed by atoms with E-state index in [1.165, 1.54) is 16.3 Å². The summed E-state index contributed by atoms with van der Waals surface area (Å²) >= 11 is 4.25. The molecule has 0 saturated heterocycles. The van der Waals surface area contributed by atoms with Gasteiger partial charge >= 0.3 is 30.0 Å². The molecule has 0 aliphatic carbocycles. The number of hydrogen-bond donors (Lipinski definition) is 0. The van der Waals surface area contributed by atoms with Gasteiger partial charge in [-0.1, -0.05) is 0 Å². The van der Waals surface area contributed by atoms with Crippen LogP contribution in [-0.4, -0.2) is 13.0 Å². The van der Waals surface area contributed by atoms with Crippen molar-refractivity contribution < 1.29 is 29.9 Å². The number of halogens is 3. The predicted molar refractivity (Wildman–Crippen MR) is 49.9 cm³/mol. The monoisotopic (exact) mass is 314 g/mol. The molecular weight excluding hydrogens is 307 g/mol. The molecule has 0 spiro atoms. The molecule has 0 atom stereocenters. The third kappa shape index (κ3) is 7.54. The Balaban J connectivity index is 0.000000791. The molecule has 1 aromatic rings. The minimum atomic E-state index is -2.39. The van der Waals surface area contributed by atoms with E-state index in [4.69, 9.17) is 4.74 Å². The third-order valence-electron chi connectivity index (χ3n) is 1.28. The van der Waals surface area contributed by atoms with Crippen LogP contribution in [0.3, 0.4) is 0 Å². The van der Waals surface area contributed by atoms with Crippen LogP contribution < -0.4 is 0 Å². The van der Waals surface area contributed by atoms with Gasteiger partial charge in [0.05, 0.1) is 0 Å². The van der Waals surface area contributed by atoms with E-state index < -0.39 is 13.0 Å². The number of ether oxygens (including phenoxy) is 1. The molecule has 14 heavy (non-hydrogen) atoms. The predicted octanol–water partition coefficient (Wildman–Crippen LogP) is 3.11. The van der Waals surface area contributed by atoms with Crippen LogP contribution >= 0.6 is 13.6 Å². The van der Waals surface area contributed by atoms with E-state index >= 15 is 0 Å². The van der Waals surface area contributed by atoms with Gasteiger partial charge in [-0.2, -0.15) is 30.3 Å². The van der Waals surface area contributed by atoms with Crippen LogP contribution in [0.5, 0.6) is 0 Å². The molecule has 1 rings (SSSR count). The molecular formula is C9H9BrF2OZn. The zero-order valence-electron chi connectivity index (χ0n) is 7.55. The Morgan fingerprint density at radius 3 is 2.71 bits per heavy atom. The van der Waals surface area contributed by atoms with Crippen LogP contribution in [0.2, 0.25) is 0 Å². The normalized spacial score (nSPS) is 9.57. The van der Waals surface area contributed by atoms with E-state index in [-0.39, 0.29) is 6.61 Å². The average Bonchev–Trinajstić information content (AvgIpc) is 2.22. The van der Waals surface area contributed by atoms with E-state index in [1.807, 2.05) is 6.07 Å². The second kappa shape index (κ2) is 9.69. The van der Waals surface area contributed by atoms with Crippen LogP contribution in [0.1, 0.15) is 5.56 Å². The molecule has 5 heteroatoms. The first-order chi connectivity index (χ1) is 6.79. The standard InChI is InChI=1S/C9H9F2O.BrH.Zn/c10-9(11)7-12-6-8-4-2-1-3-5-8;;/h1-2,4-5,9H,6-7H2;1H;/q-1;;+2/p-1. The number of rotatable bonds is 4. The number of benzene rings is 1. The molecule has 1 nitrogen and oxygen atoms in total. The van der Waals surface area contributed by atoms with Crippen molar-refractivity contribution in [3.8, 4) is 0 Å². The molecule has 0 saturated carbocycles. The van der Waals surface area contributed by atoms with Crippen molar-refractivity contribution in [2.75, 3.05) is 6.61 Å². The second-order valence-electron chi connectivity index (χ2n) is 2.32. The summed E-state index contributed by atoms with van der Waals surface area (Å²) in [5.74, 6) is 0. The van der Waals surface area contributed by atoms with Crippen molar-refractivity contribution in [1.29, 1.82) is 0 Å². The second-order valence-corrected chi connectivity index (χ2v) is 2.32. The van der Waals surface area contributed by atoms with Gasteiger partial charge in [0.25, 0.3) is 6.43 Å². The molecule has 0 fully saturated rings. The maximum atomic E-state index is 11.6. The molecule has 0 N–H and O–H groups in total. The topological polar surface area (TPSA) is 9.23 Å². The van der Waals surface area contributed by atoms with Crippen molar-refractivity contribution in [3.63, 3.8) is 0 Å². The first-order valence-corrected chi connectivity index (χ1v) is 10.8. The molecule has 0 radical (unpaired) electrons.